The molecule has 0 spiro atoms. The second-order valence-corrected chi connectivity index (χ2v) is 3.00. The predicted octanol–water partition coefficient (Wildman–Crippen LogP) is 3.03. The minimum Gasteiger partial charge on any atom is -0.103 e. The van der Waals surface area contributed by atoms with Gasteiger partial charge in [-0.3, -0.25) is 0 Å². The van der Waals surface area contributed by atoms with Crippen molar-refractivity contribution in [2.75, 3.05) is 0 Å². The second-order valence-electron chi connectivity index (χ2n) is 1.91. The van der Waals surface area contributed by atoms with Crippen LogP contribution in [0.1, 0.15) is 13.8 Å². The van der Waals surface area contributed by atoms with Crippen molar-refractivity contribution in [2.24, 2.45) is 5.92 Å². The summed E-state index contributed by atoms with van der Waals surface area (Å²) in [7, 11) is 0. The van der Waals surface area contributed by atoms with E-state index in [2.05, 4.69) is 27.0 Å². The molecule has 0 amide bonds. The van der Waals surface area contributed by atoms with E-state index in [-0.39, 0.29) is 0 Å². The summed E-state index contributed by atoms with van der Waals surface area (Å²) in [5.74, 6) is 0.568. The van der Waals surface area contributed by atoms with Crippen molar-refractivity contribution in [2.45, 2.75) is 13.8 Å². The number of thioether (sulfide) groups is 1. The average Bonchev–Trinajstić information content (AvgIpc) is 1.67. The summed E-state index contributed by atoms with van der Waals surface area (Å²) in [6.45, 7) is 11.7. The van der Waals surface area contributed by atoms with Crippen molar-refractivity contribution in [1.29, 1.82) is 0 Å². The standard InChI is InChI=1S/C7H12S/c1-5-8-7(4)6(2)3/h5-6H,1,4H2,2-3H3. The van der Waals surface area contributed by atoms with Gasteiger partial charge >= 0.3 is 0 Å². The van der Waals surface area contributed by atoms with E-state index < -0.39 is 0 Å². The van der Waals surface area contributed by atoms with Crippen LogP contribution < -0.4 is 0 Å². The zero-order chi connectivity index (χ0) is 6.57. The predicted molar refractivity (Wildman–Crippen MR) is 41.8 cm³/mol. The number of hydrogen-bond donors (Lipinski definition) is 0. The van der Waals surface area contributed by atoms with Crippen LogP contribution in [0.2, 0.25) is 0 Å². The van der Waals surface area contributed by atoms with Gasteiger partial charge in [-0.1, -0.05) is 27.0 Å². The van der Waals surface area contributed by atoms with Crippen LogP contribution in [0.15, 0.2) is 23.5 Å². The molecule has 1 heteroatoms. The van der Waals surface area contributed by atoms with Crippen molar-refractivity contribution in [3.63, 3.8) is 0 Å². The van der Waals surface area contributed by atoms with E-state index in [0.29, 0.717) is 5.92 Å². The van der Waals surface area contributed by atoms with Gasteiger partial charge in [0.1, 0.15) is 0 Å². The molecule has 0 bridgehead atoms. The third-order valence-corrected chi connectivity index (χ3v) is 1.82. The first-order valence-electron chi connectivity index (χ1n) is 2.65. The fourth-order valence-electron chi connectivity index (χ4n) is 0.243. The van der Waals surface area contributed by atoms with Gasteiger partial charge in [-0.2, -0.15) is 0 Å². The molecular formula is C7H12S. The largest absolute Gasteiger partial charge is 0.103 e. The fraction of sp³-hybridized carbons (Fsp3) is 0.429. The third kappa shape index (κ3) is 2.92. The Hall–Kier alpha value is -0.170. The van der Waals surface area contributed by atoms with Crippen LogP contribution in [0.3, 0.4) is 0 Å². The highest BCUT2D eigenvalue weighted by molar-refractivity contribution is 8.05. The van der Waals surface area contributed by atoms with Crippen molar-refractivity contribution >= 4 is 11.8 Å². The number of hydrogen-bond acceptors (Lipinski definition) is 1. The molecule has 46 valence electrons. The molecule has 0 nitrogen and oxygen atoms in total. The molecule has 0 unspecified atom stereocenters. The van der Waals surface area contributed by atoms with Crippen molar-refractivity contribution in [3.8, 4) is 0 Å². The highest BCUT2D eigenvalue weighted by Gasteiger charge is 1.95. The highest BCUT2D eigenvalue weighted by Crippen LogP contribution is 2.21. The van der Waals surface area contributed by atoms with Gasteiger partial charge in [0.2, 0.25) is 0 Å². The topological polar surface area (TPSA) is 0 Å². The summed E-state index contributed by atoms with van der Waals surface area (Å²) < 4.78 is 0. The van der Waals surface area contributed by atoms with Crippen molar-refractivity contribution in [3.05, 3.63) is 23.5 Å². The maximum atomic E-state index is 3.84. The van der Waals surface area contributed by atoms with Gasteiger partial charge in [0.25, 0.3) is 0 Å². The summed E-state index contributed by atoms with van der Waals surface area (Å²) in [5, 5.41) is 1.81. The van der Waals surface area contributed by atoms with Crippen LogP contribution in [0.25, 0.3) is 0 Å². The lowest BCUT2D eigenvalue weighted by Gasteiger charge is -2.02. The molecule has 0 saturated heterocycles. The molecule has 0 rings (SSSR count). The SMILES string of the molecule is C=CSC(=C)C(C)C. The lowest BCUT2D eigenvalue weighted by Crippen LogP contribution is -1.83. The maximum absolute atomic E-state index is 3.84. The average molecular weight is 128 g/mol. The van der Waals surface area contributed by atoms with Gasteiger partial charge in [0.05, 0.1) is 0 Å². The molecule has 0 aliphatic carbocycles. The van der Waals surface area contributed by atoms with Gasteiger partial charge in [0.15, 0.2) is 0 Å². The normalized spacial score (nSPS) is 9.38. The fourth-order valence-corrected chi connectivity index (χ4v) is 0.729. The summed E-state index contributed by atoms with van der Waals surface area (Å²) in [6, 6.07) is 0. The number of rotatable bonds is 3. The second kappa shape index (κ2) is 3.79. The van der Waals surface area contributed by atoms with Gasteiger partial charge in [-0.15, -0.1) is 11.8 Å². The Bertz CT molecular complexity index is 92.6. The summed E-state index contributed by atoms with van der Waals surface area (Å²) >= 11 is 1.61. The summed E-state index contributed by atoms with van der Waals surface area (Å²) in [4.78, 5) is 1.18. The molecule has 0 radical (unpaired) electrons. The molecule has 0 saturated carbocycles. The molecule has 0 aromatic heterocycles. The van der Waals surface area contributed by atoms with E-state index >= 15 is 0 Å². The highest BCUT2D eigenvalue weighted by atomic mass is 32.2. The summed E-state index contributed by atoms with van der Waals surface area (Å²) in [5.41, 5.74) is 0. The first-order chi connectivity index (χ1) is 3.68. The third-order valence-electron chi connectivity index (χ3n) is 0.879. The maximum Gasteiger partial charge on any atom is -0.0155 e. The minimum absolute atomic E-state index is 0.568. The van der Waals surface area contributed by atoms with E-state index in [1.165, 1.54) is 4.91 Å². The number of allylic oxidation sites excluding steroid dienone is 1. The van der Waals surface area contributed by atoms with E-state index in [0.717, 1.165) is 0 Å². The molecule has 0 N–H and O–H groups in total. The molecule has 0 heterocycles. The first-order valence-corrected chi connectivity index (χ1v) is 3.52. The zero-order valence-electron chi connectivity index (χ0n) is 5.48. The Morgan fingerprint density at radius 2 is 2.12 bits per heavy atom. The molecular weight excluding hydrogens is 116 g/mol. The van der Waals surface area contributed by atoms with Crippen LogP contribution in [-0.4, -0.2) is 0 Å². The summed E-state index contributed by atoms with van der Waals surface area (Å²) in [6.07, 6.45) is 0. The van der Waals surface area contributed by atoms with Gasteiger partial charge < -0.3 is 0 Å². The molecule has 8 heavy (non-hydrogen) atoms. The van der Waals surface area contributed by atoms with Crippen LogP contribution in [-0.2, 0) is 0 Å². The Labute approximate surface area is 55.7 Å². The molecule has 0 atom stereocenters. The first kappa shape index (κ1) is 7.83. The van der Waals surface area contributed by atoms with Crippen LogP contribution in [0.4, 0.5) is 0 Å². The Morgan fingerprint density at radius 1 is 1.62 bits per heavy atom. The van der Waals surface area contributed by atoms with E-state index in [1.54, 1.807) is 11.8 Å². The Balaban J connectivity index is 3.48. The Kier molecular flexibility index (Phi) is 3.71. The smallest absolute Gasteiger partial charge is 0.0155 e. The van der Waals surface area contributed by atoms with Gasteiger partial charge in [-0.05, 0) is 16.2 Å². The molecule has 0 aromatic rings. The molecule has 0 aliphatic heterocycles. The molecule has 0 aromatic carbocycles. The Morgan fingerprint density at radius 3 is 2.25 bits per heavy atom. The molecule has 0 fully saturated rings. The van der Waals surface area contributed by atoms with Crippen molar-refractivity contribution < 1.29 is 0 Å². The monoisotopic (exact) mass is 128 g/mol. The zero-order valence-corrected chi connectivity index (χ0v) is 6.29. The van der Waals surface area contributed by atoms with Gasteiger partial charge in [0, 0.05) is 0 Å². The lowest BCUT2D eigenvalue weighted by molar-refractivity contribution is 0.820. The van der Waals surface area contributed by atoms with E-state index in [9.17, 15) is 0 Å². The quantitative estimate of drug-likeness (QED) is 0.563. The van der Waals surface area contributed by atoms with Crippen LogP contribution in [0.5, 0.6) is 0 Å². The van der Waals surface area contributed by atoms with Gasteiger partial charge in [-0.25, -0.2) is 0 Å². The van der Waals surface area contributed by atoms with Crippen molar-refractivity contribution in [1.82, 2.24) is 0 Å². The van der Waals surface area contributed by atoms with Crippen LogP contribution >= 0.6 is 11.8 Å². The lowest BCUT2D eigenvalue weighted by atomic mass is 10.2. The van der Waals surface area contributed by atoms with E-state index in [1.807, 2.05) is 5.41 Å². The molecule has 0 aliphatic rings. The van der Waals surface area contributed by atoms with E-state index in [4.69, 9.17) is 0 Å². The minimum atomic E-state index is 0.568. The van der Waals surface area contributed by atoms with Crippen LogP contribution in [0, 0.1) is 5.92 Å².